The molecule has 1 aromatic carbocycles. The van der Waals surface area contributed by atoms with Gasteiger partial charge in [-0.05, 0) is 56.8 Å². The van der Waals surface area contributed by atoms with Crippen molar-refractivity contribution in [3.63, 3.8) is 0 Å². The number of aromatic nitrogens is 3. The molecular weight excluding hydrogens is 382 g/mol. The van der Waals surface area contributed by atoms with Gasteiger partial charge >= 0.3 is 0 Å². The number of rotatable bonds is 6. The number of hydrogen-bond donors (Lipinski definition) is 0. The number of carbonyl (C=O) groups is 1. The normalized spacial score (nSPS) is 20.2. The van der Waals surface area contributed by atoms with Gasteiger partial charge in [0.25, 0.3) is 5.91 Å². The van der Waals surface area contributed by atoms with E-state index in [0.717, 1.165) is 75.5 Å². The molecule has 2 aromatic rings. The van der Waals surface area contributed by atoms with Gasteiger partial charge in [0.15, 0.2) is 5.69 Å². The lowest BCUT2D eigenvalue weighted by Gasteiger charge is -2.32. The fourth-order valence-corrected chi connectivity index (χ4v) is 4.45. The molecule has 0 bridgehead atoms. The van der Waals surface area contributed by atoms with E-state index in [1.54, 1.807) is 14.2 Å². The quantitative estimate of drug-likeness (QED) is 0.725. The van der Waals surface area contributed by atoms with Crippen molar-refractivity contribution in [2.75, 3.05) is 40.4 Å². The van der Waals surface area contributed by atoms with E-state index in [4.69, 9.17) is 9.47 Å². The van der Waals surface area contributed by atoms with Crippen LogP contribution in [0.15, 0.2) is 24.4 Å². The van der Waals surface area contributed by atoms with Crippen LogP contribution in [0.5, 0.6) is 11.5 Å². The van der Waals surface area contributed by atoms with Crippen LogP contribution in [0.1, 0.15) is 54.2 Å². The maximum absolute atomic E-state index is 12.7. The van der Waals surface area contributed by atoms with Gasteiger partial charge in [0.05, 0.1) is 26.5 Å². The highest BCUT2D eigenvalue weighted by atomic mass is 16.5. The zero-order valence-electron chi connectivity index (χ0n) is 17.9. The van der Waals surface area contributed by atoms with Gasteiger partial charge in [0, 0.05) is 31.7 Å². The van der Waals surface area contributed by atoms with Crippen LogP contribution in [0.2, 0.25) is 0 Å². The molecule has 1 aromatic heterocycles. The first-order valence-corrected chi connectivity index (χ1v) is 10.8. The van der Waals surface area contributed by atoms with Crippen molar-refractivity contribution < 1.29 is 14.3 Å². The van der Waals surface area contributed by atoms with Crippen LogP contribution in [0, 0.1) is 0 Å². The number of likely N-dealkylation sites (tertiary alicyclic amines) is 2. The molecule has 0 radical (unpaired) electrons. The van der Waals surface area contributed by atoms with E-state index < -0.39 is 0 Å². The van der Waals surface area contributed by atoms with Gasteiger partial charge in [-0.1, -0.05) is 5.21 Å². The van der Waals surface area contributed by atoms with Crippen molar-refractivity contribution in [2.24, 2.45) is 0 Å². The van der Waals surface area contributed by atoms with E-state index in [1.807, 2.05) is 34.0 Å². The Kier molecular flexibility index (Phi) is 6.52. The number of ether oxygens (including phenoxy) is 2. The summed E-state index contributed by atoms with van der Waals surface area (Å²) < 4.78 is 12.8. The number of piperidine rings is 2. The Bertz CT molecular complexity index is 862. The largest absolute Gasteiger partial charge is 0.497 e. The lowest BCUT2D eigenvalue weighted by molar-refractivity contribution is 0.0718. The number of benzene rings is 1. The second-order valence-corrected chi connectivity index (χ2v) is 8.15. The molecule has 1 unspecified atom stereocenters. The highest BCUT2D eigenvalue weighted by Crippen LogP contribution is 2.28. The molecular formula is C22H31N5O3. The molecule has 8 nitrogen and oxygen atoms in total. The van der Waals surface area contributed by atoms with Crippen molar-refractivity contribution in [2.45, 2.75) is 44.7 Å². The van der Waals surface area contributed by atoms with E-state index in [9.17, 15) is 4.79 Å². The summed E-state index contributed by atoms with van der Waals surface area (Å²) in [6, 6.07) is 6.11. The van der Waals surface area contributed by atoms with E-state index in [-0.39, 0.29) is 11.9 Å². The molecule has 162 valence electrons. The first kappa shape index (κ1) is 20.7. The van der Waals surface area contributed by atoms with E-state index >= 15 is 0 Å². The molecule has 2 aliphatic rings. The number of methoxy groups -OCH3 is 2. The monoisotopic (exact) mass is 413 g/mol. The van der Waals surface area contributed by atoms with Gasteiger partial charge in [-0.3, -0.25) is 9.69 Å². The van der Waals surface area contributed by atoms with Crippen LogP contribution >= 0.6 is 0 Å². The first-order chi connectivity index (χ1) is 14.7. The Labute approximate surface area is 177 Å². The molecule has 0 N–H and O–H groups in total. The minimum atomic E-state index is 0.00901. The highest BCUT2D eigenvalue weighted by Gasteiger charge is 2.26. The summed E-state index contributed by atoms with van der Waals surface area (Å²) in [6.07, 6.45) is 7.29. The molecule has 2 aliphatic heterocycles. The maximum Gasteiger partial charge on any atom is 0.276 e. The van der Waals surface area contributed by atoms with Gasteiger partial charge in [-0.2, -0.15) is 0 Å². The smallest absolute Gasteiger partial charge is 0.276 e. The third-order valence-electron chi connectivity index (χ3n) is 6.11. The zero-order valence-corrected chi connectivity index (χ0v) is 17.9. The maximum atomic E-state index is 12.7. The fraction of sp³-hybridized carbons (Fsp3) is 0.591. The molecule has 2 fully saturated rings. The average molecular weight is 414 g/mol. The van der Waals surface area contributed by atoms with Crippen LogP contribution in [0.4, 0.5) is 0 Å². The summed E-state index contributed by atoms with van der Waals surface area (Å²) >= 11 is 0. The SMILES string of the molecule is COc1ccc(OC)c(CN2CCCC(n3cc(C(=O)N4CCCCC4)nn3)C2)c1. The van der Waals surface area contributed by atoms with Crippen molar-refractivity contribution in [3.8, 4) is 11.5 Å². The molecule has 3 heterocycles. The molecule has 0 spiro atoms. The predicted molar refractivity (Wildman–Crippen MR) is 113 cm³/mol. The third kappa shape index (κ3) is 4.59. The Morgan fingerprint density at radius 1 is 1.10 bits per heavy atom. The van der Waals surface area contributed by atoms with Crippen LogP contribution in [-0.2, 0) is 6.54 Å². The minimum Gasteiger partial charge on any atom is -0.497 e. The Morgan fingerprint density at radius 2 is 1.93 bits per heavy atom. The summed E-state index contributed by atoms with van der Waals surface area (Å²) in [5.41, 5.74) is 1.57. The van der Waals surface area contributed by atoms with E-state index in [0.29, 0.717) is 5.69 Å². The van der Waals surface area contributed by atoms with E-state index in [2.05, 4.69) is 15.2 Å². The Balaban J connectivity index is 1.42. The number of nitrogens with zero attached hydrogens (tertiary/aromatic N) is 5. The summed E-state index contributed by atoms with van der Waals surface area (Å²) in [6.45, 7) is 4.31. The van der Waals surface area contributed by atoms with Crippen LogP contribution < -0.4 is 9.47 Å². The van der Waals surface area contributed by atoms with E-state index in [1.165, 1.54) is 6.42 Å². The highest BCUT2D eigenvalue weighted by molar-refractivity contribution is 5.91. The molecule has 0 aliphatic carbocycles. The van der Waals surface area contributed by atoms with Gasteiger partial charge in [-0.15, -0.1) is 5.10 Å². The number of amides is 1. The minimum absolute atomic E-state index is 0.00901. The second-order valence-electron chi connectivity index (χ2n) is 8.15. The number of hydrogen-bond acceptors (Lipinski definition) is 6. The standard InChI is InChI=1S/C22H31N5O3/c1-29-19-8-9-21(30-2)17(13-19)14-25-10-6-7-18(15-25)27-16-20(23-24-27)22(28)26-11-4-3-5-12-26/h8-9,13,16,18H,3-7,10-12,14-15H2,1-2H3. The summed E-state index contributed by atoms with van der Waals surface area (Å²) in [4.78, 5) is 17.0. The summed E-state index contributed by atoms with van der Waals surface area (Å²) in [5, 5.41) is 8.50. The van der Waals surface area contributed by atoms with Crippen molar-refractivity contribution in [3.05, 3.63) is 35.7 Å². The van der Waals surface area contributed by atoms with Crippen LogP contribution in [-0.4, -0.2) is 71.1 Å². The van der Waals surface area contributed by atoms with Gasteiger partial charge in [-0.25, -0.2) is 4.68 Å². The van der Waals surface area contributed by atoms with Gasteiger partial charge in [0.2, 0.25) is 0 Å². The topological polar surface area (TPSA) is 72.7 Å². The average Bonchev–Trinajstić information content (AvgIpc) is 3.30. The summed E-state index contributed by atoms with van der Waals surface area (Å²) in [7, 11) is 3.37. The molecule has 30 heavy (non-hydrogen) atoms. The molecule has 2 saturated heterocycles. The molecule has 1 atom stereocenters. The van der Waals surface area contributed by atoms with Gasteiger partial charge < -0.3 is 14.4 Å². The molecule has 1 amide bonds. The zero-order chi connectivity index (χ0) is 20.9. The Hall–Kier alpha value is -2.61. The van der Waals surface area contributed by atoms with Crippen LogP contribution in [0.3, 0.4) is 0 Å². The molecule has 8 heteroatoms. The van der Waals surface area contributed by atoms with Crippen molar-refractivity contribution >= 4 is 5.91 Å². The second kappa shape index (κ2) is 9.47. The lowest BCUT2D eigenvalue weighted by Crippen LogP contribution is -2.36. The lowest BCUT2D eigenvalue weighted by atomic mass is 10.0. The number of carbonyl (C=O) groups excluding carboxylic acids is 1. The fourth-order valence-electron chi connectivity index (χ4n) is 4.45. The van der Waals surface area contributed by atoms with Gasteiger partial charge in [0.1, 0.15) is 11.5 Å². The van der Waals surface area contributed by atoms with Crippen molar-refractivity contribution in [1.82, 2.24) is 24.8 Å². The summed E-state index contributed by atoms with van der Waals surface area (Å²) in [5.74, 6) is 1.71. The first-order valence-electron chi connectivity index (χ1n) is 10.8. The molecule has 4 rings (SSSR count). The Morgan fingerprint density at radius 3 is 2.70 bits per heavy atom. The predicted octanol–water partition coefficient (Wildman–Crippen LogP) is 2.76. The van der Waals surface area contributed by atoms with Crippen LogP contribution in [0.25, 0.3) is 0 Å². The molecule has 0 saturated carbocycles. The third-order valence-corrected chi connectivity index (χ3v) is 6.11. The van der Waals surface area contributed by atoms with Crippen molar-refractivity contribution in [1.29, 1.82) is 0 Å².